The van der Waals surface area contributed by atoms with Crippen molar-refractivity contribution in [1.82, 2.24) is 4.98 Å². The largest absolute Gasteiger partial charge is 0.493 e. The number of pyridine rings is 1. The molecular formula is C21H23NO3. The van der Waals surface area contributed by atoms with Gasteiger partial charge in [0.2, 0.25) is 0 Å². The van der Waals surface area contributed by atoms with Gasteiger partial charge in [-0.1, -0.05) is 25.0 Å². The summed E-state index contributed by atoms with van der Waals surface area (Å²) in [4.78, 5) is 15.9. The van der Waals surface area contributed by atoms with E-state index in [4.69, 9.17) is 9.47 Å². The summed E-state index contributed by atoms with van der Waals surface area (Å²) in [7, 11) is 0. The Balaban J connectivity index is 1.80. The third kappa shape index (κ3) is 5.18. The van der Waals surface area contributed by atoms with Gasteiger partial charge in [-0.2, -0.15) is 0 Å². The molecule has 0 N–H and O–H groups in total. The van der Waals surface area contributed by atoms with Crippen molar-refractivity contribution in [2.75, 3.05) is 13.2 Å². The standard InChI is InChI=1S/C21H23NO3/c1-2-24-21(23)11-9-17-8-10-18(19-5-3-4-13-22-19)20(15-17)25-14-12-16-6-7-16/h3-5,8-11,13,15-16H,2,6-7,12,14H2,1H3/b11-9+. The number of rotatable bonds is 8. The summed E-state index contributed by atoms with van der Waals surface area (Å²) in [6.45, 7) is 2.87. The van der Waals surface area contributed by atoms with Crippen LogP contribution >= 0.6 is 0 Å². The van der Waals surface area contributed by atoms with Gasteiger partial charge in [-0.3, -0.25) is 4.98 Å². The number of benzene rings is 1. The highest BCUT2D eigenvalue weighted by Gasteiger charge is 2.21. The molecular weight excluding hydrogens is 314 g/mol. The van der Waals surface area contributed by atoms with Crippen molar-refractivity contribution in [3.05, 3.63) is 54.2 Å². The van der Waals surface area contributed by atoms with Crippen LogP contribution in [0.1, 0.15) is 31.7 Å². The van der Waals surface area contributed by atoms with Crippen molar-refractivity contribution in [2.24, 2.45) is 5.92 Å². The van der Waals surface area contributed by atoms with Crippen LogP contribution in [0, 0.1) is 5.92 Å². The lowest BCUT2D eigenvalue weighted by Gasteiger charge is -2.12. The molecule has 0 saturated heterocycles. The minimum Gasteiger partial charge on any atom is -0.493 e. The first-order valence-electron chi connectivity index (χ1n) is 8.79. The van der Waals surface area contributed by atoms with Crippen molar-refractivity contribution in [3.8, 4) is 17.0 Å². The van der Waals surface area contributed by atoms with Gasteiger partial charge in [0, 0.05) is 17.8 Å². The average molecular weight is 337 g/mol. The second-order valence-electron chi connectivity index (χ2n) is 6.14. The highest BCUT2D eigenvalue weighted by Crippen LogP contribution is 2.34. The highest BCUT2D eigenvalue weighted by molar-refractivity contribution is 5.87. The lowest BCUT2D eigenvalue weighted by Crippen LogP contribution is -2.01. The molecule has 1 saturated carbocycles. The third-order valence-corrected chi connectivity index (χ3v) is 4.13. The van der Waals surface area contributed by atoms with E-state index in [0.717, 1.165) is 34.9 Å². The zero-order valence-corrected chi connectivity index (χ0v) is 14.5. The summed E-state index contributed by atoms with van der Waals surface area (Å²) < 4.78 is 11.0. The molecule has 3 rings (SSSR count). The number of ether oxygens (including phenoxy) is 2. The number of carbonyl (C=O) groups is 1. The van der Waals surface area contributed by atoms with Crippen LogP contribution in [0.5, 0.6) is 5.75 Å². The normalized spacial score (nSPS) is 13.8. The number of carbonyl (C=O) groups excluding carboxylic acids is 1. The fourth-order valence-electron chi connectivity index (χ4n) is 2.59. The number of esters is 1. The second-order valence-corrected chi connectivity index (χ2v) is 6.14. The van der Waals surface area contributed by atoms with Crippen molar-refractivity contribution in [2.45, 2.75) is 26.2 Å². The summed E-state index contributed by atoms with van der Waals surface area (Å²) in [6.07, 6.45) is 8.68. The van der Waals surface area contributed by atoms with Crippen LogP contribution in [0.25, 0.3) is 17.3 Å². The molecule has 130 valence electrons. The number of hydrogen-bond donors (Lipinski definition) is 0. The molecule has 0 atom stereocenters. The summed E-state index contributed by atoms with van der Waals surface area (Å²) in [5.74, 6) is 1.28. The van der Waals surface area contributed by atoms with Crippen LogP contribution < -0.4 is 4.74 Å². The predicted molar refractivity (Wildman–Crippen MR) is 98.2 cm³/mol. The molecule has 1 heterocycles. The Morgan fingerprint density at radius 3 is 2.88 bits per heavy atom. The highest BCUT2D eigenvalue weighted by atomic mass is 16.5. The SMILES string of the molecule is CCOC(=O)/C=C/c1ccc(-c2ccccn2)c(OCCC2CC2)c1. The van der Waals surface area contributed by atoms with Crippen LogP contribution in [-0.4, -0.2) is 24.2 Å². The zero-order chi connectivity index (χ0) is 17.5. The molecule has 1 aliphatic rings. The maximum absolute atomic E-state index is 11.5. The van der Waals surface area contributed by atoms with Crippen LogP contribution in [0.4, 0.5) is 0 Å². The van der Waals surface area contributed by atoms with Crippen LogP contribution in [0.15, 0.2) is 48.7 Å². The Hall–Kier alpha value is -2.62. The summed E-state index contributed by atoms with van der Waals surface area (Å²) in [5, 5.41) is 0. The van der Waals surface area contributed by atoms with Gasteiger partial charge in [0.25, 0.3) is 0 Å². The van der Waals surface area contributed by atoms with E-state index in [-0.39, 0.29) is 5.97 Å². The number of aromatic nitrogens is 1. The third-order valence-electron chi connectivity index (χ3n) is 4.13. The smallest absolute Gasteiger partial charge is 0.330 e. The number of hydrogen-bond acceptors (Lipinski definition) is 4. The minimum absolute atomic E-state index is 0.340. The van der Waals surface area contributed by atoms with Crippen molar-refractivity contribution in [1.29, 1.82) is 0 Å². The first-order chi connectivity index (χ1) is 12.3. The van der Waals surface area contributed by atoms with Gasteiger partial charge < -0.3 is 9.47 Å². The maximum atomic E-state index is 11.5. The van der Waals surface area contributed by atoms with Crippen molar-refractivity contribution in [3.63, 3.8) is 0 Å². The monoisotopic (exact) mass is 337 g/mol. The van der Waals surface area contributed by atoms with Gasteiger partial charge in [0.05, 0.1) is 18.9 Å². The molecule has 4 nitrogen and oxygen atoms in total. The molecule has 25 heavy (non-hydrogen) atoms. The van der Waals surface area contributed by atoms with Crippen LogP contribution in [0.2, 0.25) is 0 Å². The Kier molecular flexibility index (Phi) is 5.83. The number of nitrogens with zero attached hydrogens (tertiary/aromatic N) is 1. The van der Waals surface area contributed by atoms with Crippen molar-refractivity contribution >= 4 is 12.0 Å². The Morgan fingerprint density at radius 2 is 2.16 bits per heavy atom. The second kappa shape index (κ2) is 8.47. The van der Waals surface area contributed by atoms with Crippen molar-refractivity contribution < 1.29 is 14.3 Å². The zero-order valence-electron chi connectivity index (χ0n) is 14.5. The molecule has 0 unspecified atom stereocenters. The molecule has 0 spiro atoms. The van der Waals surface area contributed by atoms with E-state index in [0.29, 0.717) is 13.2 Å². The van der Waals surface area contributed by atoms with E-state index < -0.39 is 0 Å². The Bertz CT molecular complexity index is 736. The molecule has 0 aliphatic heterocycles. The quantitative estimate of drug-likeness (QED) is 0.525. The van der Waals surface area contributed by atoms with Gasteiger partial charge in [0.1, 0.15) is 5.75 Å². The minimum atomic E-state index is -0.340. The van der Waals surface area contributed by atoms with Gasteiger partial charge in [-0.05, 0) is 55.2 Å². The fraction of sp³-hybridized carbons (Fsp3) is 0.333. The van der Waals surface area contributed by atoms with Gasteiger partial charge in [0.15, 0.2) is 0 Å². The Morgan fingerprint density at radius 1 is 1.28 bits per heavy atom. The van der Waals surface area contributed by atoms with E-state index in [1.165, 1.54) is 18.9 Å². The molecule has 4 heteroatoms. The summed E-state index contributed by atoms with van der Waals surface area (Å²) >= 11 is 0. The Labute approximate surface area is 148 Å². The molecule has 0 radical (unpaired) electrons. The van der Waals surface area contributed by atoms with E-state index >= 15 is 0 Å². The average Bonchev–Trinajstić information content (AvgIpc) is 3.45. The van der Waals surface area contributed by atoms with E-state index in [1.54, 1.807) is 19.2 Å². The molecule has 1 aliphatic carbocycles. The fourth-order valence-corrected chi connectivity index (χ4v) is 2.59. The van der Waals surface area contributed by atoms with Crippen LogP contribution in [0.3, 0.4) is 0 Å². The lowest BCUT2D eigenvalue weighted by atomic mass is 10.1. The molecule has 0 bridgehead atoms. The topological polar surface area (TPSA) is 48.4 Å². The molecule has 0 amide bonds. The summed E-state index contributed by atoms with van der Waals surface area (Å²) in [6, 6.07) is 11.7. The van der Waals surface area contributed by atoms with E-state index in [9.17, 15) is 4.79 Å². The maximum Gasteiger partial charge on any atom is 0.330 e. The lowest BCUT2D eigenvalue weighted by molar-refractivity contribution is -0.137. The molecule has 1 fully saturated rings. The molecule has 1 aromatic heterocycles. The predicted octanol–water partition coefficient (Wildman–Crippen LogP) is 4.50. The van der Waals surface area contributed by atoms with Gasteiger partial charge >= 0.3 is 5.97 Å². The molecule has 2 aromatic rings. The first-order valence-corrected chi connectivity index (χ1v) is 8.79. The van der Waals surface area contributed by atoms with E-state index in [1.807, 2.05) is 36.4 Å². The van der Waals surface area contributed by atoms with Gasteiger partial charge in [-0.25, -0.2) is 4.79 Å². The van der Waals surface area contributed by atoms with E-state index in [2.05, 4.69) is 4.98 Å². The summed E-state index contributed by atoms with van der Waals surface area (Å²) in [5.41, 5.74) is 2.74. The first kappa shape index (κ1) is 17.2. The van der Waals surface area contributed by atoms with Crippen LogP contribution in [-0.2, 0) is 9.53 Å². The molecule has 1 aromatic carbocycles. The van der Waals surface area contributed by atoms with Gasteiger partial charge in [-0.15, -0.1) is 0 Å².